The molecule has 7 heteroatoms. The molecule has 2 N–H and O–H groups in total. The van der Waals surface area contributed by atoms with E-state index in [0.717, 1.165) is 17.2 Å². The zero-order valence-electron chi connectivity index (χ0n) is 12.9. The van der Waals surface area contributed by atoms with Crippen molar-refractivity contribution in [3.8, 4) is 0 Å². The highest BCUT2D eigenvalue weighted by molar-refractivity contribution is 6.33. The highest BCUT2D eigenvalue weighted by Gasteiger charge is 2.13. The summed E-state index contributed by atoms with van der Waals surface area (Å²) in [6.07, 6.45) is 2.36. The summed E-state index contributed by atoms with van der Waals surface area (Å²) in [6.45, 7) is -0.0145. The van der Waals surface area contributed by atoms with E-state index >= 15 is 0 Å². The number of aromatic carboxylic acids is 1. The quantitative estimate of drug-likeness (QED) is 0.685. The summed E-state index contributed by atoms with van der Waals surface area (Å²) in [7, 11) is 0. The number of hydrogen-bond donors (Lipinski definition) is 2. The Bertz CT molecular complexity index is 994. The molecule has 126 valence electrons. The Morgan fingerprint density at radius 3 is 2.68 bits per heavy atom. The zero-order chi connectivity index (χ0) is 18.0. The van der Waals surface area contributed by atoms with Crippen LogP contribution in [0.2, 0.25) is 5.02 Å². The number of fused-ring (bicyclic) bond motifs is 1. The first-order chi connectivity index (χ1) is 12.0. The highest BCUT2D eigenvalue weighted by atomic mass is 35.5. The Balaban J connectivity index is 1.83. The van der Waals surface area contributed by atoms with Crippen LogP contribution in [0.3, 0.4) is 0 Å². The third-order valence-electron chi connectivity index (χ3n) is 3.74. The summed E-state index contributed by atoms with van der Waals surface area (Å²) in [4.78, 5) is 34.5. The van der Waals surface area contributed by atoms with Crippen molar-refractivity contribution in [2.75, 3.05) is 5.32 Å². The largest absolute Gasteiger partial charge is 0.478 e. The number of benzene rings is 2. The normalized spacial score (nSPS) is 10.6. The fourth-order valence-electron chi connectivity index (χ4n) is 2.62. The number of halogens is 1. The van der Waals surface area contributed by atoms with Gasteiger partial charge in [-0.1, -0.05) is 29.8 Å². The lowest BCUT2D eigenvalue weighted by molar-refractivity contribution is -0.116. The summed E-state index contributed by atoms with van der Waals surface area (Å²) in [5, 5.41) is 12.6. The molecule has 25 heavy (non-hydrogen) atoms. The number of carboxylic acids is 1. The molecule has 0 fully saturated rings. The van der Waals surface area contributed by atoms with Gasteiger partial charge in [-0.05, 0) is 24.3 Å². The molecule has 1 heterocycles. The minimum Gasteiger partial charge on any atom is -0.478 e. The van der Waals surface area contributed by atoms with Gasteiger partial charge in [0.1, 0.15) is 6.54 Å². The summed E-state index contributed by atoms with van der Waals surface area (Å²) in [6, 6.07) is 11.5. The third-order valence-corrected chi connectivity index (χ3v) is 4.07. The van der Waals surface area contributed by atoms with Crippen molar-refractivity contribution in [2.24, 2.45) is 0 Å². The van der Waals surface area contributed by atoms with E-state index in [9.17, 15) is 14.4 Å². The van der Waals surface area contributed by atoms with Gasteiger partial charge in [-0.2, -0.15) is 0 Å². The van der Waals surface area contributed by atoms with E-state index in [2.05, 4.69) is 5.32 Å². The average Bonchev–Trinajstić information content (AvgIpc) is 2.94. The van der Waals surface area contributed by atoms with Gasteiger partial charge < -0.3 is 15.0 Å². The van der Waals surface area contributed by atoms with Crippen molar-refractivity contribution in [3.05, 3.63) is 64.8 Å². The average molecular weight is 357 g/mol. The predicted molar refractivity (Wildman–Crippen MR) is 94.4 cm³/mol. The number of rotatable bonds is 5. The lowest BCUT2D eigenvalue weighted by Crippen LogP contribution is -2.18. The van der Waals surface area contributed by atoms with Gasteiger partial charge >= 0.3 is 5.97 Å². The molecule has 1 aromatic heterocycles. The summed E-state index contributed by atoms with van der Waals surface area (Å²) in [5.74, 6) is -1.52. The van der Waals surface area contributed by atoms with Crippen molar-refractivity contribution in [1.29, 1.82) is 0 Å². The number of carbonyl (C=O) groups excluding carboxylic acids is 2. The second-order valence-electron chi connectivity index (χ2n) is 5.40. The predicted octanol–water partition coefficient (Wildman–Crippen LogP) is 3.44. The molecular weight excluding hydrogens is 344 g/mol. The van der Waals surface area contributed by atoms with Crippen LogP contribution in [0.1, 0.15) is 20.7 Å². The number of amides is 1. The van der Waals surface area contributed by atoms with Gasteiger partial charge in [0, 0.05) is 28.4 Å². The smallest absolute Gasteiger partial charge is 0.337 e. The molecule has 0 aliphatic carbocycles. The Morgan fingerprint density at radius 1 is 1.20 bits per heavy atom. The van der Waals surface area contributed by atoms with Crippen LogP contribution in [-0.2, 0) is 11.3 Å². The number of para-hydroxylation sites is 1. The number of carboxylic acid groups (broad SMARTS) is 1. The van der Waals surface area contributed by atoms with Crippen LogP contribution in [0.25, 0.3) is 10.9 Å². The molecule has 0 radical (unpaired) electrons. The summed E-state index contributed by atoms with van der Waals surface area (Å²) >= 11 is 5.81. The molecule has 3 aromatic rings. The number of carbonyl (C=O) groups is 3. The summed E-state index contributed by atoms with van der Waals surface area (Å²) in [5.41, 5.74) is 1.51. The monoisotopic (exact) mass is 356 g/mol. The lowest BCUT2D eigenvalue weighted by atomic mass is 10.2. The number of aromatic nitrogens is 1. The maximum atomic E-state index is 12.3. The first-order valence-electron chi connectivity index (χ1n) is 7.35. The minimum absolute atomic E-state index is 0.0145. The standard InChI is InChI=1S/C18H13ClN2O4/c19-15-6-5-12(7-14(15)18(24)25)20-17(23)9-21-8-11(10-22)13-3-1-2-4-16(13)21/h1-8,10H,9H2,(H,20,23)(H,24,25). The van der Waals surface area contributed by atoms with Crippen molar-refractivity contribution < 1.29 is 19.5 Å². The Kier molecular flexibility index (Phi) is 4.54. The van der Waals surface area contributed by atoms with Gasteiger partial charge in [-0.25, -0.2) is 4.79 Å². The van der Waals surface area contributed by atoms with Gasteiger partial charge in [0.05, 0.1) is 10.6 Å². The molecule has 0 spiro atoms. The number of anilines is 1. The Morgan fingerprint density at radius 2 is 1.96 bits per heavy atom. The van der Waals surface area contributed by atoms with E-state index in [1.54, 1.807) is 10.8 Å². The molecule has 0 atom stereocenters. The first kappa shape index (κ1) is 16.7. The number of nitrogens with one attached hydrogen (secondary N) is 1. The molecule has 0 unspecified atom stereocenters. The molecule has 0 bridgehead atoms. The van der Waals surface area contributed by atoms with Crippen LogP contribution in [0.15, 0.2) is 48.7 Å². The van der Waals surface area contributed by atoms with Crippen molar-refractivity contribution >= 4 is 46.4 Å². The lowest BCUT2D eigenvalue weighted by Gasteiger charge is -2.09. The fourth-order valence-corrected chi connectivity index (χ4v) is 2.82. The van der Waals surface area contributed by atoms with Crippen molar-refractivity contribution in [3.63, 3.8) is 0 Å². The topological polar surface area (TPSA) is 88.4 Å². The van der Waals surface area contributed by atoms with Crippen LogP contribution in [0.5, 0.6) is 0 Å². The van der Waals surface area contributed by atoms with E-state index < -0.39 is 5.97 Å². The van der Waals surface area contributed by atoms with E-state index in [1.807, 2.05) is 24.3 Å². The van der Waals surface area contributed by atoms with Gasteiger partial charge in [0.15, 0.2) is 6.29 Å². The van der Waals surface area contributed by atoms with Crippen LogP contribution in [0, 0.1) is 0 Å². The van der Waals surface area contributed by atoms with Crippen LogP contribution < -0.4 is 5.32 Å². The molecule has 1 amide bonds. The summed E-state index contributed by atoms with van der Waals surface area (Å²) < 4.78 is 1.67. The second kappa shape index (κ2) is 6.78. The molecule has 0 aliphatic rings. The van der Waals surface area contributed by atoms with Crippen LogP contribution >= 0.6 is 11.6 Å². The first-order valence-corrected chi connectivity index (χ1v) is 7.73. The van der Waals surface area contributed by atoms with Gasteiger partial charge in [0.25, 0.3) is 0 Å². The minimum atomic E-state index is -1.17. The van der Waals surface area contributed by atoms with Gasteiger partial charge in [-0.15, -0.1) is 0 Å². The van der Waals surface area contributed by atoms with E-state index in [-0.39, 0.29) is 23.0 Å². The maximum absolute atomic E-state index is 12.3. The number of hydrogen-bond acceptors (Lipinski definition) is 3. The third kappa shape index (κ3) is 3.39. The molecule has 0 saturated carbocycles. The molecule has 3 rings (SSSR count). The van der Waals surface area contributed by atoms with Crippen LogP contribution in [-0.4, -0.2) is 27.8 Å². The highest BCUT2D eigenvalue weighted by Crippen LogP contribution is 2.22. The van der Waals surface area contributed by atoms with Crippen molar-refractivity contribution in [2.45, 2.75) is 6.54 Å². The molecule has 0 aliphatic heterocycles. The van der Waals surface area contributed by atoms with E-state index in [0.29, 0.717) is 11.3 Å². The molecule has 6 nitrogen and oxygen atoms in total. The van der Waals surface area contributed by atoms with E-state index in [4.69, 9.17) is 16.7 Å². The Labute approximate surface area is 147 Å². The molecule has 2 aromatic carbocycles. The van der Waals surface area contributed by atoms with Gasteiger partial charge in [-0.3, -0.25) is 9.59 Å². The van der Waals surface area contributed by atoms with E-state index in [1.165, 1.54) is 18.2 Å². The van der Waals surface area contributed by atoms with Crippen molar-refractivity contribution in [1.82, 2.24) is 4.57 Å². The van der Waals surface area contributed by atoms with Crippen LogP contribution in [0.4, 0.5) is 5.69 Å². The fraction of sp³-hybridized carbons (Fsp3) is 0.0556. The number of nitrogens with zero attached hydrogens (tertiary/aromatic N) is 1. The Hall–Kier alpha value is -3.12. The maximum Gasteiger partial charge on any atom is 0.337 e. The zero-order valence-corrected chi connectivity index (χ0v) is 13.7. The second-order valence-corrected chi connectivity index (χ2v) is 5.80. The number of aldehydes is 1. The SMILES string of the molecule is O=Cc1cn(CC(=O)Nc2ccc(Cl)c(C(=O)O)c2)c2ccccc12. The molecular formula is C18H13ClN2O4. The molecule has 0 saturated heterocycles. The van der Waals surface area contributed by atoms with Gasteiger partial charge in [0.2, 0.25) is 5.91 Å².